The summed E-state index contributed by atoms with van der Waals surface area (Å²) in [6.07, 6.45) is 2.80. The fourth-order valence-corrected chi connectivity index (χ4v) is 3.52. The molecule has 2 aromatic carbocycles. The van der Waals surface area contributed by atoms with Gasteiger partial charge in [0.2, 0.25) is 0 Å². The molecule has 1 heterocycles. The minimum Gasteiger partial charge on any atom is -0.465 e. The van der Waals surface area contributed by atoms with Gasteiger partial charge in [0.1, 0.15) is 6.17 Å². The van der Waals surface area contributed by atoms with Gasteiger partial charge in [-0.3, -0.25) is 4.79 Å². The summed E-state index contributed by atoms with van der Waals surface area (Å²) in [5, 5.41) is 3.13. The number of methoxy groups -OCH3 is 1. The lowest BCUT2D eigenvalue weighted by Gasteiger charge is -2.38. The Morgan fingerprint density at radius 1 is 1.15 bits per heavy atom. The molecule has 0 spiro atoms. The van der Waals surface area contributed by atoms with Gasteiger partial charge in [-0.05, 0) is 55.2 Å². The van der Waals surface area contributed by atoms with Crippen molar-refractivity contribution in [1.82, 2.24) is 5.32 Å². The molecule has 1 unspecified atom stereocenters. The Bertz CT molecular complexity index is 825. The van der Waals surface area contributed by atoms with E-state index in [-0.39, 0.29) is 18.0 Å². The molecule has 0 aromatic heterocycles. The molecule has 2 aromatic rings. The van der Waals surface area contributed by atoms with Crippen LogP contribution in [-0.2, 0) is 10.6 Å². The lowest BCUT2D eigenvalue weighted by atomic mass is 10.0. The van der Waals surface area contributed by atoms with Crippen LogP contribution in [-0.4, -0.2) is 31.7 Å². The van der Waals surface area contributed by atoms with E-state index < -0.39 is 0 Å². The van der Waals surface area contributed by atoms with Gasteiger partial charge in [-0.25, -0.2) is 4.79 Å². The average molecular weight is 387 g/mol. The number of nitrogens with zero attached hydrogens (tertiary/aromatic N) is 1. The fraction of sp³-hybridized carbons (Fsp3) is 0.333. The summed E-state index contributed by atoms with van der Waals surface area (Å²) in [6, 6.07) is 14.7. The number of halogens is 1. The minimum absolute atomic E-state index is 0.122. The normalized spacial score (nSPS) is 16.7. The molecular weight excluding hydrogens is 364 g/mol. The predicted molar refractivity (Wildman–Crippen MR) is 106 cm³/mol. The predicted octanol–water partition coefficient (Wildman–Crippen LogP) is 3.96. The summed E-state index contributed by atoms with van der Waals surface area (Å²) in [5.41, 5.74) is 2.91. The monoisotopic (exact) mass is 386 g/mol. The Morgan fingerprint density at radius 3 is 2.70 bits per heavy atom. The molecule has 0 bridgehead atoms. The van der Waals surface area contributed by atoms with Crippen LogP contribution >= 0.6 is 11.6 Å². The maximum Gasteiger partial charge on any atom is 0.337 e. The molecule has 6 heteroatoms. The summed E-state index contributed by atoms with van der Waals surface area (Å²) in [4.78, 5) is 26.7. The molecular formula is C21H23ClN2O3. The highest BCUT2D eigenvalue weighted by Crippen LogP contribution is 2.25. The lowest BCUT2D eigenvalue weighted by molar-refractivity contribution is 0.0600. The number of ether oxygens (including phenoxy) is 1. The molecule has 3 rings (SSSR count). The summed E-state index contributed by atoms with van der Waals surface area (Å²) in [5.74, 6) is -0.118. The molecule has 27 heavy (non-hydrogen) atoms. The number of carbonyl (C=O) groups excluding carboxylic acids is 2. The highest BCUT2D eigenvalue weighted by Gasteiger charge is 2.25. The van der Waals surface area contributed by atoms with Crippen LogP contribution in [0.3, 0.4) is 0 Å². The van der Waals surface area contributed by atoms with Gasteiger partial charge in [0.05, 0.1) is 12.7 Å². The smallest absolute Gasteiger partial charge is 0.337 e. The van der Waals surface area contributed by atoms with Crippen LogP contribution in [0, 0.1) is 0 Å². The number of benzene rings is 2. The van der Waals surface area contributed by atoms with E-state index >= 15 is 0 Å². The Balaban J connectivity index is 1.79. The van der Waals surface area contributed by atoms with E-state index in [4.69, 9.17) is 16.3 Å². The van der Waals surface area contributed by atoms with Crippen LogP contribution in [0.25, 0.3) is 0 Å². The molecule has 1 fully saturated rings. The summed E-state index contributed by atoms with van der Waals surface area (Å²) in [7, 11) is 1.37. The van der Waals surface area contributed by atoms with Crippen molar-refractivity contribution in [2.24, 2.45) is 0 Å². The number of esters is 1. The first-order chi connectivity index (χ1) is 13.1. The maximum absolute atomic E-state index is 12.7. The second kappa shape index (κ2) is 8.91. The Morgan fingerprint density at radius 2 is 1.93 bits per heavy atom. The molecule has 0 saturated carbocycles. The third kappa shape index (κ3) is 4.61. The SMILES string of the molecule is COC(=O)c1cccc(N2CCCCC2NC(=O)c2cccc(CCl)c2)c1. The second-order valence-corrected chi connectivity index (χ2v) is 6.82. The van der Waals surface area contributed by atoms with Gasteiger partial charge in [0.15, 0.2) is 0 Å². The highest BCUT2D eigenvalue weighted by atomic mass is 35.5. The third-order valence-corrected chi connectivity index (χ3v) is 5.05. The third-order valence-electron chi connectivity index (χ3n) is 4.74. The first kappa shape index (κ1) is 19.2. The van der Waals surface area contributed by atoms with Crippen LogP contribution in [0.2, 0.25) is 0 Å². The van der Waals surface area contributed by atoms with Crippen LogP contribution < -0.4 is 10.2 Å². The van der Waals surface area contributed by atoms with Crippen LogP contribution in [0.4, 0.5) is 5.69 Å². The number of alkyl halides is 1. The molecule has 1 atom stereocenters. The number of anilines is 1. The van der Waals surface area contributed by atoms with Gasteiger partial charge in [-0.15, -0.1) is 11.6 Å². The second-order valence-electron chi connectivity index (χ2n) is 6.55. The van der Waals surface area contributed by atoms with Gasteiger partial charge in [0, 0.05) is 23.7 Å². The van der Waals surface area contributed by atoms with E-state index in [9.17, 15) is 9.59 Å². The maximum atomic E-state index is 12.7. The lowest BCUT2D eigenvalue weighted by Crippen LogP contribution is -2.51. The standard InChI is InChI=1S/C21H23ClN2O3/c1-27-21(26)17-8-5-9-18(13-17)24-11-3-2-10-19(24)23-20(25)16-7-4-6-15(12-16)14-22/h4-9,12-13,19H,2-3,10-11,14H2,1H3,(H,23,25). The van der Waals surface area contributed by atoms with Crippen molar-refractivity contribution < 1.29 is 14.3 Å². The van der Waals surface area contributed by atoms with Gasteiger partial charge >= 0.3 is 5.97 Å². The number of nitrogens with one attached hydrogen (secondary N) is 1. The van der Waals surface area contributed by atoms with Crippen molar-refractivity contribution >= 4 is 29.2 Å². The molecule has 1 saturated heterocycles. The summed E-state index contributed by atoms with van der Waals surface area (Å²) in [6.45, 7) is 0.817. The number of rotatable bonds is 5. The molecule has 0 aliphatic carbocycles. The largest absolute Gasteiger partial charge is 0.465 e. The minimum atomic E-state index is -0.368. The van der Waals surface area contributed by atoms with E-state index in [1.807, 2.05) is 36.4 Å². The Hall–Kier alpha value is -2.53. The molecule has 5 nitrogen and oxygen atoms in total. The van der Waals surface area contributed by atoms with E-state index in [2.05, 4.69) is 10.2 Å². The molecule has 0 radical (unpaired) electrons. The number of hydrogen-bond acceptors (Lipinski definition) is 4. The van der Waals surface area contributed by atoms with E-state index in [1.54, 1.807) is 12.1 Å². The van der Waals surface area contributed by atoms with Crippen LogP contribution in [0.15, 0.2) is 48.5 Å². The van der Waals surface area contributed by atoms with E-state index in [0.717, 1.165) is 37.1 Å². The number of piperidine rings is 1. The molecule has 1 aliphatic rings. The molecule has 1 amide bonds. The first-order valence-electron chi connectivity index (χ1n) is 9.03. The summed E-state index contributed by atoms with van der Waals surface area (Å²) >= 11 is 5.87. The van der Waals surface area contributed by atoms with Crippen molar-refractivity contribution in [1.29, 1.82) is 0 Å². The summed E-state index contributed by atoms with van der Waals surface area (Å²) < 4.78 is 4.81. The average Bonchev–Trinajstić information content (AvgIpc) is 2.73. The van der Waals surface area contributed by atoms with Crippen LogP contribution in [0.1, 0.15) is 45.5 Å². The van der Waals surface area contributed by atoms with Gasteiger partial charge in [-0.1, -0.05) is 18.2 Å². The van der Waals surface area contributed by atoms with E-state index in [1.165, 1.54) is 7.11 Å². The van der Waals surface area contributed by atoms with Crippen molar-refractivity contribution in [3.05, 3.63) is 65.2 Å². The van der Waals surface area contributed by atoms with Gasteiger partial charge in [-0.2, -0.15) is 0 Å². The van der Waals surface area contributed by atoms with Gasteiger partial charge in [0.25, 0.3) is 5.91 Å². The number of carbonyl (C=O) groups is 2. The van der Waals surface area contributed by atoms with Gasteiger partial charge < -0.3 is 15.0 Å². The van der Waals surface area contributed by atoms with E-state index in [0.29, 0.717) is 17.0 Å². The fourth-order valence-electron chi connectivity index (χ4n) is 3.35. The molecule has 1 aliphatic heterocycles. The molecule has 1 N–H and O–H groups in total. The highest BCUT2D eigenvalue weighted by molar-refractivity contribution is 6.17. The quantitative estimate of drug-likeness (QED) is 0.624. The Kier molecular flexibility index (Phi) is 6.35. The topological polar surface area (TPSA) is 58.6 Å². The van der Waals surface area contributed by atoms with Crippen LogP contribution in [0.5, 0.6) is 0 Å². The Labute approximate surface area is 164 Å². The molecule has 142 valence electrons. The van der Waals surface area contributed by atoms with Crippen molar-refractivity contribution in [3.63, 3.8) is 0 Å². The zero-order valence-electron chi connectivity index (χ0n) is 15.3. The first-order valence-corrected chi connectivity index (χ1v) is 9.56. The van der Waals surface area contributed by atoms with Crippen molar-refractivity contribution in [2.75, 3.05) is 18.6 Å². The number of hydrogen-bond donors (Lipinski definition) is 1. The van der Waals surface area contributed by atoms with Crippen molar-refractivity contribution in [2.45, 2.75) is 31.3 Å². The zero-order chi connectivity index (χ0) is 19.2. The zero-order valence-corrected chi connectivity index (χ0v) is 16.0. The van der Waals surface area contributed by atoms with Crippen molar-refractivity contribution in [3.8, 4) is 0 Å². The number of amides is 1.